The van der Waals surface area contributed by atoms with Crippen molar-refractivity contribution in [1.29, 1.82) is 0 Å². The highest BCUT2D eigenvalue weighted by Crippen LogP contribution is 2.36. The van der Waals surface area contributed by atoms with E-state index < -0.39 is 48.5 Å². The molecule has 1 aliphatic heterocycles. The fourth-order valence-corrected chi connectivity index (χ4v) is 4.37. The molecule has 3 heterocycles. The third kappa shape index (κ3) is 5.47. The summed E-state index contributed by atoms with van der Waals surface area (Å²) in [6.07, 6.45) is -2.09. The molecule has 0 spiro atoms. The van der Waals surface area contributed by atoms with E-state index in [2.05, 4.69) is 20.4 Å². The minimum absolute atomic E-state index is 0.0267. The minimum atomic E-state index is -4.58. The Kier molecular flexibility index (Phi) is 6.72. The van der Waals surface area contributed by atoms with Crippen LogP contribution in [-0.4, -0.2) is 55.6 Å². The van der Waals surface area contributed by atoms with Crippen LogP contribution in [0, 0.1) is 12.8 Å². The summed E-state index contributed by atoms with van der Waals surface area (Å²) in [5.41, 5.74) is 1.30. The summed E-state index contributed by atoms with van der Waals surface area (Å²) in [6, 6.07) is 6.72. The average molecular weight is 508 g/mol. The molecular weight excluding hydrogens is 483 g/mol. The molecule has 0 bridgehead atoms. The Labute approximate surface area is 204 Å². The molecule has 2 atom stereocenters. The van der Waals surface area contributed by atoms with Crippen molar-refractivity contribution in [2.45, 2.75) is 38.4 Å². The quantitative estimate of drug-likeness (QED) is 0.501. The molecule has 0 aliphatic carbocycles. The molecule has 36 heavy (non-hydrogen) atoms. The van der Waals surface area contributed by atoms with Gasteiger partial charge in [0.1, 0.15) is 0 Å². The topological polar surface area (TPSA) is 75.9 Å². The summed E-state index contributed by atoms with van der Waals surface area (Å²) >= 11 is 0. The van der Waals surface area contributed by atoms with Gasteiger partial charge in [0.2, 0.25) is 5.95 Å². The first-order valence-corrected chi connectivity index (χ1v) is 11.3. The number of hydrogen-bond acceptors (Lipinski definition) is 5. The Morgan fingerprint density at radius 1 is 1.17 bits per heavy atom. The maximum absolute atomic E-state index is 14.6. The molecule has 7 nitrogen and oxygen atoms in total. The number of amides is 1. The van der Waals surface area contributed by atoms with Crippen LogP contribution in [0.3, 0.4) is 0 Å². The highest BCUT2D eigenvalue weighted by molar-refractivity contribution is 5.99. The second-order valence-electron chi connectivity index (χ2n) is 9.14. The fourth-order valence-electron chi connectivity index (χ4n) is 4.37. The van der Waals surface area contributed by atoms with Gasteiger partial charge in [-0.2, -0.15) is 18.3 Å². The molecule has 4 rings (SSSR count). The SMILES string of the molecule is Cc1ccc(-c2cn(C)nc2C(=O)N2CC(F)(F)C[C@@H](C)[C@H]2CNc2ncc(C(F)(F)F)cn2)cc1. The molecule has 12 heteroatoms. The molecule has 1 aliphatic rings. The Bertz CT molecular complexity index is 1220. The first kappa shape index (κ1) is 25.5. The number of hydrogen-bond donors (Lipinski definition) is 1. The van der Waals surface area contributed by atoms with Gasteiger partial charge in [-0.1, -0.05) is 36.8 Å². The summed E-state index contributed by atoms with van der Waals surface area (Å²) in [5, 5.41) is 7.06. The lowest BCUT2D eigenvalue weighted by Gasteiger charge is -2.43. The molecule has 1 aromatic carbocycles. The number of piperidine rings is 1. The van der Waals surface area contributed by atoms with Crippen molar-refractivity contribution in [3.05, 3.63) is 59.7 Å². The van der Waals surface area contributed by atoms with Crippen molar-refractivity contribution in [2.24, 2.45) is 13.0 Å². The van der Waals surface area contributed by atoms with Gasteiger partial charge < -0.3 is 10.2 Å². The molecule has 1 N–H and O–H groups in total. The Morgan fingerprint density at radius 2 is 1.81 bits per heavy atom. The van der Waals surface area contributed by atoms with Gasteiger partial charge in [0.15, 0.2) is 5.69 Å². The average Bonchev–Trinajstić information content (AvgIpc) is 3.19. The summed E-state index contributed by atoms with van der Waals surface area (Å²) < 4.78 is 68.9. The monoisotopic (exact) mass is 508 g/mol. The van der Waals surface area contributed by atoms with E-state index in [0.29, 0.717) is 18.0 Å². The molecule has 192 valence electrons. The van der Waals surface area contributed by atoms with Gasteiger partial charge in [-0.05, 0) is 18.4 Å². The molecule has 0 radical (unpaired) electrons. The van der Waals surface area contributed by atoms with Gasteiger partial charge >= 0.3 is 6.18 Å². The molecule has 0 unspecified atom stereocenters. The molecule has 1 amide bonds. The van der Waals surface area contributed by atoms with Crippen molar-refractivity contribution in [1.82, 2.24) is 24.6 Å². The van der Waals surface area contributed by atoms with Gasteiger partial charge in [-0.15, -0.1) is 0 Å². The number of carbonyl (C=O) groups excluding carboxylic acids is 1. The molecule has 1 saturated heterocycles. The predicted octanol–water partition coefficient (Wildman–Crippen LogP) is 4.80. The van der Waals surface area contributed by atoms with Crippen molar-refractivity contribution < 1.29 is 26.7 Å². The Hall–Kier alpha value is -3.57. The van der Waals surface area contributed by atoms with Crippen LogP contribution in [0.25, 0.3) is 11.1 Å². The van der Waals surface area contributed by atoms with Crippen LogP contribution in [-0.2, 0) is 13.2 Å². The van der Waals surface area contributed by atoms with E-state index in [1.807, 2.05) is 31.2 Å². The van der Waals surface area contributed by atoms with E-state index in [0.717, 1.165) is 16.0 Å². The number of aryl methyl sites for hydroxylation is 2. The Morgan fingerprint density at radius 3 is 2.42 bits per heavy atom. The Balaban J connectivity index is 1.60. The summed E-state index contributed by atoms with van der Waals surface area (Å²) in [7, 11) is 1.64. The number of aromatic nitrogens is 4. The van der Waals surface area contributed by atoms with E-state index in [1.54, 1.807) is 20.2 Å². The van der Waals surface area contributed by atoms with Gasteiger partial charge in [0, 0.05) is 44.2 Å². The van der Waals surface area contributed by atoms with Gasteiger partial charge in [-0.3, -0.25) is 9.48 Å². The first-order valence-electron chi connectivity index (χ1n) is 11.3. The van der Waals surface area contributed by atoms with E-state index >= 15 is 0 Å². The number of carbonyl (C=O) groups is 1. The van der Waals surface area contributed by atoms with Gasteiger partial charge in [0.05, 0.1) is 18.2 Å². The van der Waals surface area contributed by atoms with Crippen LogP contribution in [0.4, 0.5) is 27.9 Å². The van der Waals surface area contributed by atoms with E-state index in [1.165, 1.54) is 4.68 Å². The number of nitrogens with one attached hydrogen (secondary N) is 1. The standard InChI is InChI=1S/C24H25F5N6O/c1-14-4-6-16(7-5-14)18-12-34(3)33-20(18)21(36)35-13-23(25,26)8-15(2)19(35)11-32-22-30-9-17(10-31-22)24(27,28)29/h4-7,9-10,12,15,19H,8,11,13H2,1-3H3,(H,30,31,32)/t15-,19-/m1/s1. The molecule has 3 aromatic rings. The predicted molar refractivity (Wildman–Crippen MR) is 122 cm³/mol. The van der Waals surface area contributed by atoms with Crippen LogP contribution in [0.5, 0.6) is 0 Å². The largest absolute Gasteiger partial charge is 0.419 e. The number of rotatable bonds is 5. The smallest absolute Gasteiger partial charge is 0.352 e. The number of likely N-dealkylation sites (tertiary alicyclic amines) is 1. The highest BCUT2D eigenvalue weighted by atomic mass is 19.4. The van der Waals surface area contributed by atoms with Crippen LogP contribution in [0.2, 0.25) is 0 Å². The third-order valence-corrected chi connectivity index (χ3v) is 6.18. The van der Waals surface area contributed by atoms with Crippen LogP contribution >= 0.6 is 0 Å². The maximum atomic E-state index is 14.6. The lowest BCUT2D eigenvalue weighted by Crippen LogP contribution is -2.57. The van der Waals surface area contributed by atoms with Crippen LogP contribution in [0.15, 0.2) is 42.9 Å². The number of anilines is 1. The highest BCUT2D eigenvalue weighted by Gasteiger charge is 2.47. The zero-order chi connectivity index (χ0) is 26.3. The van der Waals surface area contributed by atoms with Crippen LogP contribution < -0.4 is 5.32 Å². The second-order valence-corrected chi connectivity index (χ2v) is 9.14. The number of nitrogens with zero attached hydrogens (tertiary/aromatic N) is 5. The van der Waals surface area contributed by atoms with E-state index in [4.69, 9.17) is 0 Å². The molecule has 1 fully saturated rings. The zero-order valence-corrected chi connectivity index (χ0v) is 19.9. The van der Waals surface area contributed by atoms with Gasteiger partial charge in [-0.25, -0.2) is 18.7 Å². The third-order valence-electron chi connectivity index (χ3n) is 6.18. The zero-order valence-electron chi connectivity index (χ0n) is 19.9. The van der Waals surface area contributed by atoms with E-state index in [9.17, 15) is 26.7 Å². The van der Waals surface area contributed by atoms with Crippen molar-refractivity contribution in [3.63, 3.8) is 0 Å². The van der Waals surface area contributed by atoms with Crippen molar-refractivity contribution in [3.8, 4) is 11.1 Å². The summed E-state index contributed by atoms with van der Waals surface area (Å²) in [5.74, 6) is -4.48. The number of alkyl halides is 5. The minimum Gasteiger partial charge on any atom is -0.352 e. The molecule has 2 aromatic heterocycles. The van der Waals surface area contributed by atoms with E-state index in [-0.39, 0.29) is 18.2 Å². The maximum Gasteiger partial charge on any atom is 0.419 e. The van der Waals surface area contributed by atoms with Crippen LogP contribution in [0.1, 0.15) is 35.0 Å². The fraction of sp³-hybridized carbons (Fsp3) is 0.417. The lowest BCUT2D eigenvalue weighted by atomic mass is 9.88. The molecular formula is C24H25F5N6O. The normalized spacial score (nSPS) is 19.8. The molecule has 0 saturated carbocycles. The summed E-state index contributed by atoms with van der Waals surface area (Å²) in [4.78, 5) is 22.0. The second kappa shape index (κ2) is 9.47. The van der Waals surface area contributed by atoms with Crippen molar-refractivity contribution >= 4 is 11.9 Å². The summed E-state index contributed by atoms with van der Waals surface area (Å²) in [6.45, 7) is 2.70. The number of halogens is 5. The van der Waals surface area contributed by atoms with Gasteiger partial charge in [0.25, 0.3) is 11.8 Å². The van der Waals surface area contributed by atoms with Crippen molar-refractivity contribution in [2.75, 3.05) is 18.4 Å². The first-order chi connectivity index (χ1) is 16.8. The number of benzene rings is 1. The lowest BCUT2D eigenvalue weighted by molar-refractivity contribution is -0.138.